The lowest BCUT2D eigenvalue weighted by atomic mass is 9.91. The van der Waals surface area contributed by atoms with Gasteiger partial charge in [-0.2, -0.15) is 13.9 Å². The van der Waals surface area contributed by atoms with Crippen molar-refractivity contribution in [3.63, 3.8) is 0 Å². The van der Waals surface area contributed by atoms with Crippen molar-refractivity contribution in [3.8, 4) is 0 Å². The van der Waals surface area contributed by atoms with Gasteiger partial charge in [-0.15, -0.1) is 5.10 Å². The van der Waals surface area contributed by atoms with Gasteiger partial charge in [0.05, 0.1) is 17.9 Å². The van der Waals surface area contributed by atoms with Crippen LogP contribution in [0.4, 0.5) is 14.5 Å². The fourth-order valence-electron chi connectivity index (χ4n) is 3.90. The molecule has 1 aromatic rings. The first-order valence-electron chi connectivity index (χ1n) is 9.66. The minimum atomic E-state index is -3.04. The number of amides is 1. The summed E-state index contributed by atoms with van der Waals surface area (Å²) in [7, 11) is 0. The number of nitrogens with one attached hydrogen (secondary N) is 1. The van der Waals surface area contributed by atoms with Gasteiger partial charge < -0.3 is 10.2 Å². The summed E-state index contributed by atoms with van der Waals surface area (Å²) in [5.74, 6) is -3.11. The summed E-state index contributed by atoms with van der Waals surface area (Å²) in [5, 5.41) is 11.3. The number of nitrogens with zero attached hydrogens (tertiary/aromatic N) is 4. The second-order valence-electron chi connectivity index (χ2n) is 8.37. The minimum absolute atomic E-state index is 0.0753. The summed E-state index contributed by atoms with van der Waals surface area (Å²) in [6, 6.07) is 1.70. The molecular weight excluding hydrogens is 352 g/mol. The van der Waals surface area contributed by atoms with Crippen molar-refractivity contribution in [2.75, 3.05) is 37.6 Å². The van der Waals surface area contributed by atoms with E-state index in [1.54, 1.807) is 11.8 Å². The van der Waals surface area contributed by atoms with Gasteiger partial charge >= 0.3 is 0 Å². The maximum absolute atomic E-state index is 14.3. The van der Waals surface area contributed by atoms with Gasteiger partial charge in [-0.25, -0.2) is 0 Å². The Hall–Kier alpha value is -1.67. The van der Waals surface area contributed by atoms with Crippen molar-refractivity contribution in [3.05, 3.63) is 17.5 Å². The lowest BCUT2D eigenvalue weighted by Crippen LogP contribution is -2.52. The van der Waals surface area contributed by atoms with Gasteiger partial charge in [0.1, 0.15) is 5.69 Å². The summed E-state index contributed by atoms with van der Waals surface area (Å²) < 4.78 is 28.7. The molecule has 2 aliphatic heterocycles. The number of anilines is 1. The summed E-state index contributed by atoms with van der Waals surface area (Å²) in [5.41, 5.74) is 0.330. The summed E-state index contributed by atoms with van der Waals surface area (Å²) in [4.78, 5) is 16.7. The molecule has 1 N–H and O–H groups in total. The fraction of sp³-hybridized carbons (Fsp3) is 0.737. The van der Waals surface area contributed by atoms with Crippen LogP contribution in [0.5, 0.6) is 0 Å². The lowest BCUT2D eigenvalue weighted by molar-refractivity contribution is -0.120. The van der Waals surface area contributed by atoms with E-state index in [0.29, 0.717) is 30.4 Å². The minimum Gasteiger partial charge on any atom is -0.312 e. The molecule has 0 spiro atoms. The van der Waals surface area contributed by atoms with E-state index in [-0.39, 0.29) is 24.6 Å². The zero-order valence-corrected chi connectivity index (χ0v) is 16.6. The second kappa shape index (κ2) is 7.39. The first-order chi connectivity index (χ1) is 12.6. The van der Waals surface area contributed by atoms with E-state index in [1.807, 2.05) is 13.8 Å². The molecule has 1 aromatic heterocycles. The highest BCUT2D eigenvalue weighted by molar-refractivity contribution is 5.97. The van der Waals surface area contributed by atoms with E-state index in [2.05, 4.69) is 27.3 Å². The molecule has 0 unspecified atom stereocenters. The highest BCUT2D eigenvalue weighted by Gasteiger charge is 2.43. The van der Waals surface area contributed by atoms with Crippen LogP contribution in [0.15, 0.2) is 6.07 Å². The van der Waals surface area contributed by atoms with Gasteiger partial charge in [-0.1, -0.05) is 27.2 Å². The van der Waals surface area contributed by atoms with E-state index in [0.717, 1.165) is 19.6 Å². The molecule has 0 aromatic carbocycles. The van der Waals surface area contributed by atoms with Crippen LogP contribution in [0, 0.1) is 0 Å². The number of aromatic nitrogens is 2. The van der Waals surface area contributed by atoms with Crippen LogP contribution in [0.3, 0.4) is 0 Å². The fourth-order valence-corrected chi connectivity index (χ4v) is 3.90. The normalized spacial score (nSPS) is 22.7. The molecule has 3 rings (SSSR count). The van der Waals surface area contributed by atoms with Gasteiger partial charge in [0, 0.05) is 44.1 Å². The first-order valence-corrected chi connectivity index (χ1v) is 9.66. The van der Waals surface area contributed by atoms with Crippen molar-refractivity contribution < 1.29 is 13.6 Å². The SMILES string of the molecule is CCCC(F)(F)c1cc2c(nn1)C(C)(C)CN2C(=O)CN1CCN[C@H](C)C1. The number of halogens is 2. The topological polar surface area (TPSA) is 61.4 Å². The average Bonchev–Trinajstić information content (AvgIpc) is 2.86. The van der Waals surface area contributed by atoms with Gasteiger partial charge in [0.2, 0.25) is 5.91 Å². The highest BCUT2D eigenvalue weighted by Crippen LogP contribution is 2.41. The van der Waals surface area contributed by atoms with Crippen molar-refractivity contribution in [2.24, 2.45) is 0 Å². The largest absolute Gasteiger partial charge is 0.312 e. The number of alkyl halides is 2. The Morgan fingerprint density at radius 1 is 1.41 bits per heavy atom. The Kier molecular flexibility index (Phi) is 5.49. The van der Waals surface area contributed by atoms with E-state index in [1.165, 1.54) is 6.07 Å². The standard InChI is InChI=1S/C19H29F2N5O/c1-5-6-19(20,21)15-9-14-17(24-23-15)18(3,4)12-26(14)16(27)11-25-8-7-22-13(2)10-25/h9,13,22H,5-8,10-12H2,1-4H3/t13-/m1/s1. The molecule has 1 saturated heterocycles. The molecule has 1 atom stereocenters. The Morgan fingerprint density at radius 3 is 2.81 bits per heavy atom. The van der Waals surface area contributed by atoms with Crippen LogP contribution in [-0.2, 0) is 16.1 Å². The third-order valence-corrected chi connectivity index (χ3v) is 5.31. The number of carbonyl (C=O) groups is 1. The Morgan fingerprint density at radius 2 is 2.15 bits per heavy atom. The molecule has 0 radical (unpaired) electrons. The van der Waals surface area contributed by atoms with Crippen LogP contribution < -0.4 is 10.2 Å². The molecule has 1 amide bonds. The summed E-state index contributed by atoms with van der Waals surface area (Å²) in [6.07, 6.45) is 0.0670. The third kappa shape index (κ3) is 4.11. The highest BCUT2D eigenvalue weighted by atomic mass is 19.3. The number of hydrogen-bond donors (Lipinski definition) is 1. The maximum Gasteiger partial charge on any atom is 0.291 e. The van der Waals surface area contributed by atoms with Crippen LogP contribution >= 0.6 is 0 Å². The smallest absolute Gasteiger partial charge is 0.291 e. The van der Waals surface area contributed by atoms with Crippen molar-refractivity contribution >= 4 is 11.6 Å². The summed E-state index contributed by atoms with van der Waals surface area (Å²) in [6.45, 7) is 10.9. The molecule has 2 aliphatic rings. The van der Waals surface area contributed by atoms with E-state index < -0.39 is 11.3 Å². The van der Waals surface area contributed by atoms with Crippen molar-refractivity contribution in [2.45, 2.75) is 57.9 Å². The lowest BCUT2D eigenvalue weighted by Gasteiger charge is -2.32. The van der Waals surface area contributed by atoms with Crippen LogP contribution in [0.2, 0.25) is 0 Å². The number of carbonyl (C=O) groups excluding carboxylic acids is 1. The quantitative estimate of drug-likeness (QED) is 0.848. The predicted molar refractivity (Wildman–Crippen MR) is 100 cm³/mol. The predicted octanol–water partition coefficient (Wildman–Crippen LogP) is 2.29. The summed E-state index contributed by atoms with van der Waals surface area (Å²) >= 11 is 0. The average molecular weight is 381 g/mol. The van der Waals surface area contributed by atoms with E-state index >= 15 is 0 Å². The number of hydrogen-bond acceptors (Lipinski definition) is 5. The number of rotatable bonds is 5. The Bertz CT molecular complexity index is 709. The molecule has 1 fully saturated rings. The van der Waals surface area contributed by atoms with E-state index in [9.17, 15) is 13.6 Å². The number of fused-ring (bicyclic) bond motifs is 1. The maximum atomic E-state index is 14.3. The second-order valence-corrected chi connectivity index (χ2v) is 8.37. The zero-order chi connectivity index (χ0) is 19.8. The molecule has 0 bridgehead atoms. The van der Waals surface area contributed by atoms with Gasteiger partial charge in [0.25, 0.3) is 5.92 Å². The van der Waals surface area contributed by atoms with Crippen LogP contribution in [0.1, 0.15) is 51.9 Å². The van der Waals surface area contributed by atoms with Crippen molar-refractivity contribution in [1.29, 1.82) is 0 Å². The van der Waals surface area contributed by atoms with Gasteiger partial charge in [0.15, 0.2) is 0 Å². The molecule has 0 saturated carbocycles. The Labute approximate surface area is 159 Å². The molecule has 0 aliphatic carbocycles. The monoisotopic (exact) mass is 381 g/mol. The molecule has 8 heteroatoms. The molecule has 3 heterocycles. The molecule has 6 nitrogen and oxygen atoms in total. The van der Waals surface area contributed by atoms with Gasteiger partial charge in [-0.05, 0) is 13.0 Å². The Balaban J connectivity index is 1.85. The van der Waals surface area contributed by atoms with Crippen LogP contribution in [-0.4, -0.2) is 59.8 Å². The first kappa shape index (κ1) is 20.1. The zero-order valence-electron chi connectivity index (χ0n) is 16.6. The van der Waals surface area contributed by atoms with E-state index in [4.69, 9.17) is 0 Å². The molecule has 150 valence electrons. The molecular formula is C19H29F2N5O. The molecule has 27 heavy (non-hydrogen) atoms. The van der Waals surface area contributed by atoms with Crippen LogP contribution in [0.25, 0.3) is 0 Å². The number of piperazine rings is 1. The third-order valence-electron chi connectivity index (χ3n) is 5.31. The van der Waals surface area contributed by atoms with Crippen molar-refractivity contribution in [1.82, 2.24) is 20.4 Å². The van der Waals surface area contributed by atoms with Gasteiger partial charge in [-0.3, -0.25) is 9.69 Å².